The van der Waals surface area contributed by atoms with Gasteiger partial charge in [0.25, 0.3) is 5.69 Å². The molecule has 7 nitrogen and oxygen atoms in total. The van der Waals surface area contributed by atoms with E-state index >= 15 is 0 Å². The van der Waals surface area contributed by atoms with Crippen LogP contribution in [0.4, 0.5) is 11.4 Å². The monoisotopic (exact) mass is 416 g/mol. The second-order valence-electron chi connectivity index (χ2n) is 5.91. The molecule has 0 aliphatic heterocycles. The van der Waals surface area contributed by atoms with Gasteiger partial charge in [-0.1, -0.05) is 6.07 Å². The van der Waals surface area contributed by atoms with E-state index in [9.17, 15) is 23.3 Å². The van der Waals surface area contributed by atoms with Crippen LogP contribution < -0.4 is 5.32 Å². The number of non-ortho nitro benzene ring substituents is 1. The molecule has 0 bridgehead atoms. The zero-order valence-electron chi connectivity index (χ0n) is 14.6. The number of carbonyl (C=O) groups excluding carboxylic acids is 1. The molecule has 0 fully saturated rings. The molecule has 1 aromatic heterocycles. The van der Waals surface area contributed by atoms with Crippen molar-refractivity contribution in [2.24, 2.45) is 0 Å². The van der Waals surface area contributed by atoms with Crippen LogP contribution in [0.25, 0.3) is 0 Å². The van der Waals surface area contributed by atoms with E-state index in [0.29, 0.717) is 18.5 Å². The highest BCUT2D eigenvalue weighted by molar-refractivity contribution is 7.91. The predicted molar refractivity (Wildman–Crippen MR) is 106 cm³/mol. The molecule has 1 heterocycles. The number of nitro groups is 1. The van der Waals surface area contributed by atoms with Crippen LogP contribution in [0.5, 0.6) is 0 Å². The minimum atomic E-state index is -3.80. The number of nitrogens with zero attached hydrogens (tertiary/aromatic N) is 1. The van der Waals surface area contributed by atoms with Crippen LogP contribution in [-0.4, -0.2) is 19.2 Å². The number of sulfone groups is 1. The molecule has 9 heteroatoms. The molecule has 144 valence electrons. The molecule has 0 saturated heterocycles. The Kier molecular flexibility index (Phi) is 5.86. The van der Waals surface area contributed by atoms with Crippen LogP contribution in [-0.2, 0) is 21.1 Å². The highest BCUT2D eigenvalue weighted by atomic mass is 32.2. The van der Waals surface area contributed by atoms with Crippen molar-refractivity contribution in [2.75, 3.05) is 5.32 Å². The lowest BCUT2D eigenvalue weighted by atomic mass is 10.2. The fourth-order valence-electron chi connectivity index (χ4n) is 2.52. The van der Waals surface area contributed by atoms with Gasteiger partial charge in [0, 0.05) is 29.1 Å². The number of hydrogen-bond acceptors (Lipinski definition) is 6. The first-order valence-electron chi connectivity index (χ1n) is 8.28. The highest BCUT2D eigenvalue weighted by Gasteiger charge is 2.19. The zero-order valence-corrected chi connectivity index (χ0v) is 16.2. The number of anilines is 1. The largest absolute Gasteiger partial charge is 0.326 e. The number of nitrogens with one attached hydrogen (secondary N) is 1. The fourth-order valence-corrected chi connectivity index (χ4v) is 4.49. The van der Waals surface area contributed by atoms with Gasteiger partial charge >= 0.3 is 0 Å². The molecule has 0 aliphatic rings. The zero-order chi connectivity index (χ0) is 20.1. The van der Waals surface area contributed by atoms with Crippen molar-refractivity contribution < 1.29 is 18.1 Å². The van der Waals surface area contributed by atoms with Gasteiger partial charge in [-0.15, -0.1) is 11.3 Å². The van der Waals surface area contributed by atoms with E-state index in [4.69, 9.17) is 0 Å². The van der Waals surface area contributed by atoms with E-state index in [2.05, 4.69) is 5.32 Å². The topological polar surface area (TPSA) is 106 Å². The molecule has 3 aromatic rings. The summed E-state index contributed by atoms with van der Waals surface area (Å²) in [4.78, 5) is 23.2. The average molecular weight is 416 g/mol. The lowest BCUT2D eigenvalue weighted by Gasteiger charge is -2.08. The third-order valence-electron chi connectivity index (χ3n) is 3.98. The average Bonchev–Trinajstić information content (AvgIpc) is 3.20. The second kappa shape index (κ2) is 8.32. The predicted octanol–water partition coefficient (Wildman–Crippen LogP) is 4.06. The quantitative estimate of drug-likeness (QED) is 0.462. The van der Waals surface area contributed by atoms with Crippen LogP contribution in [0.3, 0.4) is 0 Å². The van der Waals surface area contributed by atoms with Gasteiger partial charge in [-0.05, 0) is 54.3 Å². The van der Waals surface area contributed by atoms with Crippen molar-refractivity contribution in [1.29, 1.82) is 0 Å². The number of nitro benzene ring substituents is 1. The van der Waals surface area contributed by atoms with Crippen LogP contribution in [0, 0.1) is 10.1 Å². The smallest absolute Gasteiger partial charge is 0.269 e. The van der Waals surface area contributed by atoms with Gasteiger partial charge < -0.3 is 5.32 Å². The number of hydrogen-bond donors (Lipinski definition) is 1. The molecule has 2 aromatic carbocycles. The van der Waals surface area contributed by atoms with E-state index < -0.39 is 14.8 Å². The number of aryl methyl sites for hydroxylation is 1. The molecule has 0 radical (unpaired) electrons. The molecule has 3 rings (SSSR count). The van der Waals surface area contributed by atoms with Crippen LogP contribution in [0.15, 0.2) is 75.8 Å². The molecule has 28 heavy (non-hydrogen) atoms. The third kappa shape index (κ3) is 4.62. The minimum absolute atomic E-state index is 0.0363. The molecule has 0 unspecified atom stereocenters. The van der Waals surface area contributed by atoms with Gasteiger partial charge in [-0.3, -0.25) is 14.9 Å². The highest BCUT2D eigenvalue weighted by Crippen LogP contribution is 2.24. The summed E-state index contributed by atoms with van der Waals surface area (Å²) in [5.74, 6) is -0.153. The standard InChI is InChI=1S/C19H16N2O5S2/c22-19(12-7-16-2-1-13-27-16)20-14-3-8-17(9-4-14)28(25,26)18-10-5-15(6-11-18)21(23)24/h1-6,8-11,13H,7,12H2,(H,20,22). The lowest BCUT2D eigenvalue weighted by molar-refractivity contribution is -0.384. The maximum absolute atomic E-state index is 12.6. The first-order valence-corrected chi connectivity index (χ1v) is 10.6. The van der Waals surface area contributed by atoms with Crippen molar-refractivity contribution in [1.82, 2.24) is 0 Å². The van der Waals surface area contributed by atoms with Gasteiger partial charge in [0.05, 0.1) is 14.7 Å². The summed E-state index contributed by atoms with van der Waals surface area (Å²) in [5.41, 5.74) is 0.318. The third-order valence-corrected chi connectivity index (χ3v) is 6.71. The Bertz CT molecular complexity index is 1070. The molecule has 0 atom stereocenters. The summed E-state index contributed by atoms with van der Waals surface area (Å²) >= 11 is 1.59. The van der Waals surface area contributed by atoms with E-state index in [1.165, 1.54) is 36.4 Å². The summed E-state index contributed by atoms with van der Waals surface area (Å²) in [6, 6.07) is 14.4. The van der Waals surface area contributed by atoms with E-state index in [1.807, 2.05) is 17.5 Å². The first-order chi connectivity index (χ1) is 13.4. The van der Waals surface area contributed by atoms with E-state index in [-0.39, 0.29) is 21.4 Å². The summed E-state index contributed by atoms with van der Waals surface area (Å²) in [5, 5.41) is 15.4. The van der Waals surface area contributed by atoms with E-state index in [0.717, 1.165) is 17.0 Å². The Morgan fingerprint density at radius 1 is 1.00 bits per heavy atom. The molecule has 0 saturated carbocycles. The number of benzene rings is 2. The normalized spacial score (nSPS) is 11.1. The van der Waals surface area contributed by atoms with Crippen molar-refractivity contribution >= 4 is 38.5 Å². The second-order valence-corrected chi connectivity index (χ2v) is 8.89. The Morgan fingerprint density at radius 3 is 2.14 bits per heavy atom. The maximum atomic E-state index is 12.6. The number of amides is 1. The Balaban J connectivity index is 1.67. The van der Waals surface area contributed by atoms with Gasteiger partial charge in [-0.2, -0.15) is 0 Å². The Labute approximate surface area is 165 Å². The fraction of sp³-hybridized carbons (Fsp3) is 0.105. The van der Waals surface area contributed by atoms with Crippen LogP contribution in [0.1, 0.15) is 11.3 Å². The number of thiophene rings is 1. The maximum Gasteiger partial charge on any atom is 0.269 e. The van der Waals surface area contributed by atoms with Crippen LogP contribution in [0.2, 0.25) is 0 Å². The van der Waals surface area contributed by atoms with Crippen molar-refractivity contribution in [3.8, 4) is 0 Å². The van der Waals surface area contributed by atoms with Crippen molar-refractivity contribution in [3.05, 3.63) is 81.0 Å². The summed E-state index contributed by atoms with van der Waals surface area (Å²) in [6.45, 7) is 0. The van der Waals surface area contributed by atoms with Gasteiger partial charge in [0.1, 0.15) is 0 Å². The summed E-state index contributed by atoms with van der Waals surface area (Å²) in [6.07, 6.45) is 0.986. The SMILES string of the molecule is O=C(CCc1cccs1)Nc1ccc(S(=O)(=O)c2ccc([N+](=O)[O-])cc2)cc1. The van der Waals surface area contributed by atoms with Gasteiger partial charge in [0.2, 0.25) is 15.7 Å². The molecular weight excluding hydrogens is 400 g/mol. The van der Waals surface area contributed by atoms with Crippen molar-refractivity contribution in [2.45, 2.75) is 22.6 Å². The molecule has 0 spiro atoms. The lowest BCUT2D eigenvalue weighted by Crippen LogP contribution is -2.12. The molecule has 1 amide bonds. The van der Waals surface area contributed by atoms with Gasteiger partial charge in [0.15, 0.2) is 0 Å². The molecular formula is C19H16N2O5S2. The molecule has 1 N–H and O–H groups in total. The Morgan fingerprint density at radius 2 is 1.61 bits per heavy atom. The molecule has 0 aliphatic carbocycles. The minimum Gasteiger partial charge on any atom is -0.326 e. The summed E-state index contributed by atoms with van der Waals surface area (Å²) < 4.78 is 25.3. The van der Waals surface area contributed by atoms with E-state index in [1.54, 1.807) is 11.3 Å². The van der Waals surface area contributed by atoms with Gasteiger partial charge in [-0.25, -0.2) is 8.42 Å². The van der Waals surface area contributed by atoms with Crippen LogP contribution >= 0.6 is 11.3 Å². The Hall–Kier alpha value is -3.04. The number of rotatable bonds is 7. The first kappa shape index (κ1) is 19.7. The number of carbonyl (C=O) groups is 1. The van der Waals surface area contributed by atoms with Crippen molar-refractivity contribution in [3.63, 3.8) is 0 Å². The summed E-state index contributed by atoms with van der Waals surface area (Å²) in [7, 11) is -3.80.